The normalized spacial score (nSPS) is 20.8. The fourth-order valence-corrected chi connectivity index (χ4v) is 1.92. The number of nitrogens with one attached hydrogen (secondary N) is 1. The van der Waals surface area contributed by atoms with Crippen LogP contribution in [0.15, 0.2) is 18.0 Å². The van der Waals surface area contributed by atoms with E-state index in [1.807, 2.05) is 0 Å². The van der Waals surface area contributed by atoms with Crippen LogP contribution in [0.5, 0.6) is 0 Å². The maximum Gasteiger partial charge on any atom is 0.147 e. The van der Waals surface area contributed by atoms with Crippen molar-refractivity contribution >= 4 is 17.3 Å². The molecule has 1 unspecified atom stereocenters. The number of aliphatic hydroxyl groups is 1. The highest BCUT2D eigenvalue weighted by Crippen LogP contribution is 2.25. The van der Waals surface area contributed by atoms with E-state index in [1.165, 1.54) is 11.8 Å². The second-order valence-electron chi connectivity index (χ2n) is 3.76. The van der Waals surface area contributed by atoms with Gasteiger partial charge in [0.05, 0.1) is 18.1 Å². The highest BCUT2D eigenvalue weighted by Gasteiger charge is 2.19. The van der Waals surface area contributed by atoms with Crippen LogP contribution in [-0.4, -0.2) is 21.3 Å². The topological polar surface area (TPSA) is 58.0 Å². The van der Waals surface area contributed by atoms with Crippen molar-refractivity contribution in [1.82, 2.24) is 15.3 Å². The first kappa shape index (κ1) is 11.4. The average Bonchev–Trinajstić information content (AvgIpc) is 2.30. The van der Waals surface area contributed by atoms with Crippen molar-refractivity contribution in [3.63, 3.8) is 0 Å². The second-order valence-corrected chi connectivity index (χ2v) is 4.14. The first-order chi connectivity index (χ1) is 7.70. The van der Waals surface area contributed by atoms with Gasteiger partial charge in [-0.05, 0) is 24.8 Å². The molecule has 0 aromatic carbocycles. The summed E-state index contributed by atoms with van der Waals surface area (Å²) in [6.07, 6.45) is 5.22. The summed E-state index contributed by atoms with van der Waals surface area (Å²) in [5.41, 5.74) is 2.90. The second kappa shape index (κ2) is 4.80. The van der Waals surface area contributed by atoms with Gasteiger partial charge in [0, 0.05) is 0 Å². The predicted molar refractivity (Wildman–Crippen MR) is 62.6 cm³/mol. The van der Waals surface area contributed by atoms with Crippen molar-refractivity contribution in [2.75, 3.05) is 0 Å². The maximum absolute atomic E-state index is 9.59. The van der Waals surface area contributed by atoms with E-state index >= 15 is 0 Å². The van der Waals surface area contributed by atoms with Gasteiger partial charge in [0.25, 0.3) is 0 Å². The lowest BCUT2D eigenvalue weighted by molar-refractivity contribution is 0.141. The van der Waals surface area contributed by atoms with Crippen LogP contribution in [-0.2, 0) is 0 Å². The van der Waals surface area contributed by atoms with Crippen LogP contribution in [0.1, 0.15) is 31.9 Å². The van der Waals surface area contributed by atoms with Gasteiger partial charge < -0.3 is 10.4 Å². The third-order valence-corrected chi connectivity index (χ3v) is 2.88. The summed E-state index contributed by atoms with van der Waals surface area (Å²) in [5, 5.41) is 13.0. The largest absolute Gasteiger partial charge is 0.374 e. The zero-order valence-electron chi connectivity index (χ0n) is 9.07. The molecule has 0 aliphatic carbocycles. The van der Waals surface area contributed by atoms with Gasteiger partial charge in [-0.25, -0.2) is 9.97 Å². The van der Waals surface area contributed by atoms with Crippen molar-refractivity contribution < 1.29 is 5.11 Å². The molecule has 0 saturated heterocycles. The molecule has 0 bridgehead atoms. The van der Waals surface area contributed by atoms with Gasteiger partial charge in [0.15, 0.2) is 0 Å². The third kappa shape index (κ3) is 2.33. The number of nitrogens with zero attached hydrogens (tertiary/aromatic N) is 2. The Labute approximate surface area is 99.4 Å². The molecule has 16 heavy (non-hydrogen) atoms. The number of hydrogen-bond donors (Lipinski definition) is 2. The highest BCUT2D eigenvalue weighted by atomic mass is 35.5. The lowest BCUT2D eigenvalue weighted by atomic mass is 9.99. The quantitative estimate of drug-likeness (QED) is 0.828. The summed E-state index contributed by atoms with van der Waals surface area (Å²) < 4.78 is 0. The van der Waals surface area contributed by atoms with Crippen molar-refractivity contribution in [3.05, 3.63) is 28.8 Å². The molecule has 1 aliphatic rings. The van der Waals surface area contributed by atoms with Crippen molar-refractivity contribution in [1.29, 1.82) is 0 Å². The Bertz CT molecular complexity index is 402. The van der Waals surface area contributed by atoms with Gasteiger partial charge in [-0.2, -0.15) is 0 Å². The van der Waals surface area contributed by atoms with Crippen LogP contribution < -0.4 is 5.32 Å². The summed E-state index contributed by atoms with van der Waals surface area (Å²) in [6.45, 7) is 2.10. The van der Waals surface area contributed by atoms with Gasteiger partial charge in [-0.1, -0.05) is 18.5 Å². The first-order valence-electron chi connectivity index (χ1n) is 5.35. The molecule has 0 amide bonds. The fraction of sp³-hybridized carbons (Fsp3) is 0.455. The minimum absolute atomic E-state index is 0.374. The molecule has 1 aliphatic heterocycles. The Morgan fingerprint density at radius 2 is 2.31 bits per heavy atom. The van der Waals surface area contributed by atoms with Crippen LogP contribution in [0, 0.1) is 0 Å². The third-order valence-electron chi connectivity index (χ3n) is 2.69. The molecule has 0 spiro atoms. The predicted octanol–water partition coefficient (Wildman–Crippen LogP) is 1.95. The Kier molecular flexibility index (Phi) is 3.41. The zero-order chi connectivity index (χ0) is 11.5. The highest BCUT2D eigenvalue weighted by molar-refractivity contribution is 6.29. The summed E-state index contributed by atoms with van der Waals surface area (Å²) in [6, 6.07) is 0. The SMILES string of the molecule is CCC1=C(c2cnc(Cl)cn2)NC(O)CC1. The van der Waals surface area contributed by atoms with Gasteiger partial charge >= 0.3 is 0 Å². The van der Waals surface area contributed by atoms with E-state index in [0.29, 0.717) is 5.15 Å². The first-order valence-corrected chi connectivity index (χ1v) is 5.73. The number of rotatable bonds is 2. The summed E-state index contributed by atoms with van der Waals surface area (Å²) in [7, 11) is 0. The van der Waals surface area contributed by atoms with Crippen LogP contribution in [0.4, 0.5) is 0 Å². The smallest absolute Gasteiger partial charge is 0.147 e. The number of hydrogen-bond acceptors (Lipinski definition) is 4. The summed E-state index contributed by atoms with van der Waals surface area (Å²) in [5.74, 6) is 0. The van der Waals surface area contributed by atoms with E-state index in [-0.39, 0.29) is 0 Å². The molecule has 1 atom stereocenters. The Morgan fingerprint density at radius 3 is 2.94 bits per heavy atom. The zero-order valence-corrected chi connectivity index (χ0v) is 9.83. The van der Waals surface area contributed by atoms with Gasteiger partial charge in [0.2, 0.25) is 0 Å². The molecule has 4 nitrogen and oxygen atoms in total. The molecule has 5 heteroatoms. The van der Waals surface area contributed by atoms with Crippen molar-refractivity contribution in [3.8, 4) is 0 Å². The molecule has 1 aromatic rings. The van der Waals surface area contributed by atoms with E-state index in [0.717, 1.165) is 30.7 Å². The van der Waals surface area contributed by atoms with Crippen molar-refractivity contribution in [2.45, 2.75) is 32.4 Å². The van der Waals surface area contributed by atoms with Crippen molar-refractivity contribution in [2.24, 2.45) is 0 Å². The van der Waals surface area contributed by atoms with E-state index in [1.54, 1.807) is 6.20 Å². The summed E-state index contributed by atoms with van der Waals surface area (Å²) in [4.78, 5) is 8.20. The molecular formula is C11H14ClN3O. The summed E-state index contributed by atoms with van der Waals surface area (Å²) >= 11 is 5.69. The molecule has 0 radical (unpaired) electrons. The number of aliphatic hydroxyl groups excluding tert-OH is 1. The lowest BCUT2D eigenvalue weighted by Crippen LogP contribution is -2.32. The van der Waals surface area contributed by atoms with Crippen LogP contribution >= 0.6 is 11.6 Å². The molecule has 1 aromatic heterocycles. The monoisotopic (exact) mass is 239 g/mol. The Balaban J connectivity index is 2.35. The molecule has 2 rings (SSSR count). The van der Waals surface area contributed by atoms with E-state index < -0.39 is 6.23 Å². The molecule has 2 heterocycles. The maximum atomic E-state index is 9.59. The fourth-order valence-electron chi connectivity index (χ4n) is 1.83. The van der Waals surface area contributed by atoms with Gasteiger partial charge in [0.1, 0.15) is 17.1 Å². The van der Waals surface area contributed by atoms with E-state index in [4.69, 9.17) is 11.6 Å². The molecule has 0 fully saturated rings. The molecular weight excluding hydrogens is 226 g/mol. The van der Waals surface area contributed by atoms with Crippen LogP contribution in [0.25, 0.3) is 5.70 Å². The molecule has 2 N–H and O–H groups in total. The minimum atomic E-state index is -0.497. The van der Waals surface area contributed by atoms with E-state index in [2.05, 4.69) is 22.2 Å². The Hall–Kier alpha value is -1.13. The van der Waals surface area contributed by atoms with E-state index in [9.17, 15) is 5.11 Å². The standard InChI is InChI=1S/C11H14ClN3O/c1-2-7-3-4-10(16)15-11(7)8-5-14-9(12)6-13-8/h5-6,10,15-16H,2-4H2,1H3. The lowest BCUT2D eigenvalue weighted by Gasteiger charge is -2.25. The average molecular weight is 240 g/mol. The number of allylic oxidation sites excluding steroid dienone is 1. The molecule has 0 saturated carbocycles. The Morgan fingerprint density at radius 1 is 1.50 bits per heavy atom. The minimum Gasteiger partial charge on any atom is -0.374 e. The number of halogens is 1. The van der Waals surface area contributed by atoms with Gasteiger partial charge in [-0.3, -0.25) is 0 Å². The van der Waals surface area contributed by atoms with Crippen LogP contribution in [0.2, 0.25) is 5.15 Å². The molecule has 86 valence electrons. The number of aromatic nitrogens is 2. The van der Waals surface area contributed by atoms with Gasteiger partial charge in [-0.15, -0.1) is 0 Å². The van der Waals surface area contributed by atoms with Crippen LogP contribution in [0.3, 0.4) is 0 Å².